The lowest BCUT2D eigenvalue weighted by Gasteiger charge is -2.35. The predicted octanol–water partition coefficient (Wildman–Crippen LogP) is 0.972. The van der Waals surface area contributed by atoms with E-state index in [2.05, 4.69) is 5.32 Å². The van der Waals surface area contributed by atoms with Crippen LogP contribution < -0.4 is 16.6 Å². The Kier molecular flexibility index (Phi) is 5.18. The van der Waals surface area contributed by atoms with E-state index in [0.717, 1.165) is 0 Å². The molecule has 2 amide bonds. The van der Waals surface area contributed by atoms with Gasteiger partial charge in [0, 0.05) is 49.7 Å². The summed E-state index contributed by atoms with van der Waals surface area (Å²) < 4.78 is 1.52. The first-order valence-corrected chi connectivity index (χ1v) is 8.56. The lowest BCUT2D eigenvalue weighted by Crippen LogP contribution is -2.52. The molecule has 1 saturated heterocycles. The van der Waals surface area contributed by atoms with Crippen molar-refractivity contribution in [1.29, 1.82) is 0 Å². The standard InChI is InChI=1S/C19H22N4O3/c1-13(24)22-11-9-17(20)16(12-22)19(26)21-14-5-7-15(8-6-14)23-10-3-2-4-18(23)25/h2-8,10,16-17H,9,11-12,20H2,1H3,(H,21,26). The molecule has 1 aliphatic heterocycles. The Morgan fingerprint density at radius 2 is 1.88 bits per heavy atom. The molecule has 0 aliphatic carbocycles. The summed E-state index contributed by atoms with van der Waals surface area (Å²) in [5, 5.41) is 2.85. The molecule has 0 saturated carbocycles. The summed E-state index contributed by atoms with van der Waals surface area (Å²) in [7, 11) is 0. The number of pyridine rings is 1. The topological polar surface area (TPSA) is 97.4 Å². The predicted molar refractivity (Wildman–Crippen MR) is 99.0 cm³/mol. The van der Waals surface area contributed by atoms with Gasteiger partial charge in [-0.3, -0.25) is 19.0 Å². The first-order chi connectivity index (χ1) is 12.5. The van der Waals surface area contributed by atoms with Crippen molar-refractivity contribution in [2.75, 3.05) is 18.4 Å². The highest BCUT2D eigenvalue weighted by molar-refractivity contribution is 5.93. The van der Waals surface area contributed by atoms with Gasteiger partial charge in [-0.25, -0.2) is 0 Å². The van der Waals surface area contributed by atoms with Gasteiger partial charge in [-0.15, -0.1) is 0 Å². The van der Waals surface area contributed by atoms with Crippen molar-refractivity contribution < 1.29 is 9.59 Å². The molecule has 0 spiro atoms. The van der Waals surface area contributed by atoms with E-state index >= 15 is 0 Å². The second-order valence-electron chi connectivity index (χ2n) is 6.47. The fourth-order valence-corrected chi connectivity index (χ4v) is 3.11. The molecular formula is C19H22N4O3. The SMILES string of the molecule is CC(=O)N1CCC(N)C(C(=O)Nc2ccc(-n3ccccc3=O)cc2)C1. The summed E-state index contributed by atoms with van der Waals surface area (Å²) in [6.07, 6.45) is 2.29. The van der Waals surface area contributed by atoms with Crippen LogP contribution in [0.4, 0.5) is 5.69 Å². The second kappa shape index (κ2) is 7.53. The number of hydrogen-bond donors (Lipinski definition) is 2. The van der Waals surface area contributed by atoms with Crippen LogP contribution in [0.25, 0.3) is 5.69 Å². The number of nitrogens with one attached hydrogen (secondary N) is 1. The van der Waals surface area contributed by atoms with Gasteiger partial charge in [0.25, 0.3) is 5.56 Å². The normalized spacial score (nSPS) is 19.8. The van der Waals surface area contributed by atoms with Crippen LogP contribution in [0.2, 0.25) is 0 Å². The molecule has 3 N–H and O–H groups in total. The van der Waals surface area contributed by atoms with Gasteiger partial charge in [-0.05, 0) is 36.8 Å². The van der Waals surface area contributed by atoms with Crippen molar-refractivity contribution in [2.45, 2.75) is 19.4 Å². The highest BCUT2D eigenvalue weighted by Crippen LogP contribution is 2.19. The van der Waals surface area contributed by atoms with Gasteiger partial charge >= 0.3 is 0 Å². The van der Waals surface area contributed by atoms with E-state index < -0.39 is 5.92 Å². The highest BCUT2D eigenvalue weighted by atomic mass is 16.2. The first kappa shape index (κ1) is 17.9. The Labute approximate surface area is 151 Å². The molecule has 0 radical (unpaired) electrons. The summed E-state index contributed by atoms with van der Waals surface area (Å²) in [4.78, 5) is 37.6. The number of nitrogens with two attached hydrogens (primary N) is 1. The van der Waals surface area contributed by atoms with Gasteiger partial charge in [0.2, 0.25) is 11.8 Å². The van der Waals surface area contributed by atoms with Crippen molar-refractivity contribution in [3.8, 4) is 5.69 Å². The van der Waals surface area contributed by atoms with Crippen molar-refractivity contribution in [3.63, 3.8) is 0 Å². The lowest BCUT2D eigenvalue weighted by molar-refractivity contribution is -0.132. The monoisotopic (exact) mass is 354 g/mol. The minimum absolute atomic E-state index is 0.0487. The van der Waals surface area contributed by atoms with Crippen molar-refractivity contribution in [1.82, 2.24) is 9.47 Å². The molecule has 3 rings (SSSR count). The number of nitrogens with zero attached hydrogens (tertiary/aromatic N) is 2. The van der Waals surface area contributed by atoms with Crippen molar-refractivity contribution >= 4 is 17.5 Å². The van der Waals surface area contributed by atoms with Crippen LogP contribution in [-0.4, -0.2) is 40.4 Å². The quantitative estimate of drug-likeness (QED) is 0.858. The summed E-state index contributed by atoms with van der Waals surface area (Å²) in [5.74, 6) is -0.690. The van der Waals surface area contributed by atoms with Gasteiger partial charge in [-0.1, -0.05) is 6.07 Å². The zero-order chi connectivity index (χ0) is 18.7. The van der Waals surface area contributed by atoms with Crippen LogP contribution in [0, 0.1) is 5.92 Å². The fourth-order valence-electron chi connectivity index (χ4n) is 3.11. The molecule has 2 unspecified atom stereocenters. The zero-order valence-corrected chi connectivity index (χ0v) is 14.6. The lowest BCUT2D eigenvalue weighted by atomic mass is 9.92. The molecule has 136 valence electrons. The Morgan fingerprint density at radius 3 is 2.54 bits per heavy atom. The molecule has 2 atom stereocenters. The van der Waals surface area contributed by atoms with Crippen LogP contribution in [0.15, 0.2) is 53.5 Å². The van der Waals surface area contributed by atoms with Gasteiger partial charge < -0.3 is 16.0 Å². The van der Waals surface area contributed by atoms with Crippen LogP contribution in [0.1, 0.15) is 13.3 Å². The first-order valence-electron chi connectivity index (χ1n) is 8.56. The number of carbonyl (C=O) groups is 2. The molecule has 0 bridgehead atoms. The van der Waals surface area contributed by atoms with Gasteiger partial charge in [-0.2, -0.15) is 0 Å². The second-order valence-corrected chi connectivity index (χ2v) is 6.47. The smallest absolute Gasteiger partial charge is 0.255 e. The van der Waals surface area contributed by atoms with Crippen LogP contribution in [-0.2, 0) is 9.59 Å². The molecule has 1 fully saturated rings. The number of benzene rings is 1. The van der Waals surface area contributed by atoms with Crippen LogP contribution in [0.3, 0.4) is 0 Å². The summed E-state index contributed by atoms with van der Waals surface area (Å²) in [6, 6.07) is 11.7. The molecule has 1 aromatic carbocycles. The summed E-state index contributed by atoms with van der Waals surface area (Å²) in [5.41, 5.74) is 7.29. The number of likely N-dealkylation sites (tertiary alicyclic amines) is 1. The van der Waals surface area contributed by atoms with E-state index in [9.17, 15) is 14.4 Å². The minimum Gasteiger partial charge on any atom is -0.342 e. The Hall–Kier alpha value is -2.93. The molecule has 26 heavy (non-hydrogen) atoms. The van der Waals surface area contributed by atoms with Gasteiger partial charge in [0.15, 0.2) is 0 Å². The third-order valence-electron chi connectivity index (χ3n) is 4.68. The average molecular weight is 354 g/mol. The number of aromatic nitrogens is 1. The maximum Gasteiger partial charge on any atom is 0.255 e. The van der Waals surface area contributed by atoms with Crippen LogP contribution in [0.5, 0.6) is 0 Å². The highest BCUT2D eigenvalue weighted by Gasteiger charge is 2.33. The Bertz CT molecular complexity index is 860. The van der Waals surface area contributed by atoms with Gasteiger partial charge in [0.05, 0.1) is 5.92 Å². The van der Waals surface area contributed by atoms with E-state index in [0.29, 0.717) is 30.9 Å². The van der Waals surface area contributed by atoms with Gasteiger partial charge in [0.1, 0.15) is 0 Å². The zero-order valence-electron chi connectivity index (χ0n) is 14.6. The molecule has 2 heterocycles. The van der Waals surface area contributed by atoms with Crippen molar-refractivity contribution in [3.05, 3.63) is 59.0 Å². The summed E-state index contributed by atoms with van der Waals surface area (Å²) in [6.45, 7) is 2.41. The number of piperidine rings is 1. The Morgan fingerprint density at radius 1 is 1.15 bits per heavy atom. The maximum atomic E-state index is 12.6. The van der Waals surface area contributed by atoms with Crippen LogP contribution >= 0.6 is 0 Å². The summed E-state index contributed by atoms with van der Waals surface area (Å²) >= 11 is 0. The maximum absolute atomic E-state index is 12.6. The Balaban J connectivity index is 1.70. The van der Waals surface area contributed by atoms with Crippen molar-refractivity contribution in [2.24, 2.45) is 11.7 Å². The molecule has 2 aromatic rings. The van der Waals surface area contributed by atoms with E-state index in [-0.39, 0.29) is 23.4 Å². The van der Waals surface area contributed by atoms with E-state index in [1.54, 1.807) is 47.5 Å². The van der Waals surface area contributed by atoms with E-state index in [4.69, 9.17) is 5.73 Å². The number of hydrogen-bond acceptors (Lipinski definition) is 4. The number of amides is 2. The molecule has 7 nitrogen and oxygen atoms in total. The fraction of sp³-hybridized carbons (Fsp3) is 0.316. The number of rotatable bonds is 3. The molecular weight excluding hydrogens is 332 g/mol. The molecule has 7 heteroatoms. The third-order valence-corrected chi connectivity index (χ3v) is 4.68. The molecule has 1 aliphatic rings. The minimum atomic E-state index is -0.441. The third kappa shape index (κ3) is 3.83. The average Bonchev–Trinajstić information content (AvgIpc) is 2.63. The van der Waals surface area contributed by atoms with E-state index in [1.807, 2.05) is 0 Å². The number of carbonyl (C=O) groups excluding carboxylic acids is 2. The molecule has 1 aromatic heterocycles. The largest absolute Gasteiger partial charge is 0.342 e. The van der Waals surface area contributed by atoms with E-state index in [1.165, 1.54) is 17.6 Å². The number of anilines is 1.